The summed E-state index contributed by atoms with van der Waals surface area (Å²) >= 11 is 0. The van der Waals surface area contributed by atoms with E-state index in [0.29, 0.717) is 23.8 Å². The van der Waals surface area contributed by atoms with E-state index in [4.69, 9.17) is 5.73 Å². The van der Waals surface area contributed by atoms with Gasteiger partial charge in [0.2, 0.25) is 11.9 Å². The molecule has 2 aromatic heterocycles. The number of piperazine rings is 1. The summed E-state index contributed by atoms with van der Waals surface area (Å²) in [5.41, 5.74) is 8.82. The number of rotatable bonds is 6. The summed E-state index contributed by atoms with van der Waals surface area (Å²) in [5, 5.41) is 4.07. The lowest BCUT2D eigenvalue weighted by Crippen LogP contribution is -2.48. The van der Waals surface area contributed by atoms with Crippen LogP contribution in [0.5, 0.6) is 0 Å². The fourth-order valence-corrected chi connectivity index (χ4v) is 4.46. The summed E-state index contributed by atoms with van der Waals surface area (Å²) in [6.45, 7) is 4.95. The maximum atomic E-state index is 12.0. The first-order valence-electron chi connectivity index (χ1n) is 11.7. The maximum Gasteiger partial charge on any atom is 0.250 e. The Labute approximate surface area is 203 Å². The Hall–Kier alpha value is -4.40. The average Bonchev–Trinajstić information content (AvgIpc) is 3.29. The molecule has 1 aliphatic heterocycles. The number of hydrogen-bond donors (Lipinski definition) is 2. The van der Waals surface area contributed by atoms with Crippen LogP contribution >= 0.6 is 0 Å². The van der Waals surface area contributed by atoms with Crippen molar-refractivity contribution >= 4 is 40.0 Å². The van der Waals surface area contributed by atoms with Crippen LogP contribution < -0.4 is 16.0 Å². The van der Waals surface area contributed by atoms with Crippen LogP contribution in [0, 0.1) is 0 Å². The van der Waals surface area contributed by atoms with Crippen LogP contribution in [0.15, 0.2) is 67.0 Å². The molecule has 0 spiro atoms. The van der Waals surface area contributed by atoms with Gasteiger partial charge in [-0.1, -0.05) is 31.2 Å². The second-order valence-electron chi connectivity index (χ2n) is 8.43. The number of aromatic nitrogens is 3. The fraction of sp³-hybridized carbons (Fsp3) is 0.231. The molecule has 178 valence electrons. The monoisotopic (exact) mass is 469 g/mol. The predicted octanol–water partition coefficient (Wildman–Crippen LogP) is 3.32. The van der Waals surface area contributed by atoms with Crippen molar-refractivity contribution in [1.29, 1.82) is 0 Å². The smallest absolute Gasteiger partial charge is 0.250 e. The number of nitrogens with one attached hydrogen (secondary N) is 1. The molecule has 35 heavy (non-hydrogen) atoms. The van der Waals surface area contributed by atoms with Gasteiger partial charge < -0.3 is 25.4 Å². The number of para-hydroxylation sites is 1. The van der Waals surface area contributed by atoms with Crippen molar-refractivity contribution in [3.05, 3.63) is 72.6 Å². The number of nitrogens with two attached hydrogens (primary N) is 1. The molecule has 0 radical (unpaired) electrons. The normalized spacial score (nSPS) is 13.7. The Kier molecular flexibility index (Phi) is 6.05. The highest BCUT2D eigenvalue weighted by molar-refractivity contribution is 6.06. The number of amides is 2. The lowest BCUT2D eigenvalue weighted by Gasteiger charge is -2.36. The standard InChI is InChI=1S/C26H27N7O2/c1-2-24(34)32-14-12-31(13-15-32)19-7-5-6-18(16-19)29-26-28-11-10-23(30-26)33-17-21(25(27)35)20-8-3-4-9-22(20)33/h3-11,16-17H,2,12-15H2,1H3,(H2,27,35)(H,28,29,30). The third-order valence-electron chi connectivity index (χ3n) is 6.27. The molecule has 2 aromatic carbocycles. The fourth-order valence-electron chi connectivity index (χ4n) is 4.46. The van der Waals surface area contributed by atoms with Crippen LogP contribution in [0.25, 0.3) is 16.7 Å². The van der Waals surface area contributed by atoms with Gasteiger partial charge >= 0.3 is 0 Å². The minimum Gasteiger partial charge on any atom is -0.368 e. The van der Waals surface area contributed by atoms with Crippen LogP contribution in [0.3, 0.4) is 0 Å². The van der Waals surface area contributed by atoms with Gasteiger partial charge in [-0.15, -0.1) is 0 Å². The van der Waals surface area contributed by atoms with Crippen molar-refractivity contribution in [2.75, 3.05) is 36.4 Å². The van der Waals surface area contributed by atoms with Crippen molar-refractivity contribution in [2.24, 2.45) is 5.73 Å². The second kappa shape index (κ2) is 9.46. The van der Waals surface area contributed by atoms with Gasteiger partial charge in [-0.3, -0.25) is 9.59 Å². The van der Waals surface area contributed by atoms with Gasteiger partial charge in [0.15, 0.2) is 0 Å². The SMILES string of the molecule is CCC(=O)N1CCN(c2cccc(Nc3nccc(-n4cc(C(N)=O)c5ccccc54)n3)c2)CC1. The van der Waals surface area contributed by atoms with Crippen LogP contribution in [-0.4, -0.2) is 57.4 Å². The highest BCUT2D eigenvalue weighted by Gasteiger charge is 2.20. The molecule has 3 N–H and O–H groups in total. The van der Waals surface area contributed by atoms with Crippen LogP contribution in [0.2, 0.25) is 0 Å². The number of carbonyl (C=O) groups excluding carboxylic acids is 2. The van der Waals surface area contributed by atoms with Crippen molar-refractivity contribution in [3.8, 4) is 5.82 Å². The van der Waals surface area contributed by atoms with E-state index in [1.54, 1.807) is 18.5 Å². The lowest BCUT2D eigenvalue weighted by atomic mass is 10.2. The van der Waals surface area contributed by atoms with Gasteiger partial charge in [0.05, 0.1) is 11.1 Å². The van der Waals surface area contributed by atoms with E-state index in [9.17, 15) is 9.59 Å². The molecular formula is C26H27N7O2. The zero-order chi connectivity index (χ0) is 24.4. The van der Waals surface area contributed by atoms with E-state index < -0.39 is 5.91 Å². The average molecular weight is 470 g/mol. The van der Waals surface area contributed by atoms with Crippen molar-refractivity contribution in [1.82, 2.24) is 19.4 Å². The summed E-state index contributed by atoms with van der Waals surface area (Å²) in [6.07, 6.45) is 3.93. The number of primary amides is 1. The summed E-state index contributed by atoms with van der Waals surface area (Å²) < 4.78 is 1.84. The summed E-state index contributed by atoms with van der Waals surface area (Å²) in [4.78, 5) is 37.2. The lowest BCUT2D eigenvalue weighted by molar-refractivity contribution is -0.131. The van der Waals surface area contributed by atoms with Crippen molar-refractivity contribution < 1.29 is 9.59 Å². The van der Waals surface area contributed by atoms with E-state index in [2.05, 4.69) is 32.3 Å². The van der Waals surface area contributed by atoms with Crippen LogP contribution in [0.1, 0.15) is 23.7 Å². The molecule has 1 saturated heterocycles. The Morgan fingerprint density at radius 1 is 1.03 bits per heavy atom. The molecule has 5 rings (SSSR count). The highest BCUT2D eigenvalue weighted by Crippen LogP contribution is 2.26. The molecule has 3 heterocycles. The summed E-state index contributed by atoms with van der Waals surface area (Å²) in [7, 11) is 0. The molecule has 0 aliphatic carbocycles. The van der Waals surface area contributed by atoms with E-state index >= 15 is 0 Å². The zero-order valence-electron chi connectivity index (χ0n) is 19.5. The predicted molar refractivity (Wildman–Crippen MR) is 136 cm³/mol. The van der Waals surface area contributed by atoms with Gasteiger partial charge in [0.25, 0.3) is 5.91 Å². The van der Waals surface area contributed by atoms with Gasteiger partial charge in [0.1, 0.15) is 5.82 Å². The molecule has 4 aromatic rings. The first-order valence-corrected chi connectivity index (χ1v) is 11.7. The second-order valence-corrected chi connectivity index (χ2v) is 8.43. The van der Waals surface area contributed by atoms with Crippen LogP contribution in [-0.2, 0) is 4.79 Å². The first-order chi connectivity index (χ1) is 17.0. The van der Waals surface area contributed by atoms with Crippen molar-refractivity contribution in [3.63, 3.8) is 0 Å². The Balaban J connectivity index is 1.36. The zero-order valence-corrected chi connectivity index (χ0v) is 19.5. The molecular weight excluding hydrogens is 442 g/mol. The number of anilines is 3. The third kappa shape index (κ3) is 4.52. The number of fused-ring (bicyclic) bond motifs is 1. The topological polar surface area (TPSA) is 109 Å². The van der Waals surface area contributed by atoms with Crippen molar-refractivity contribution in [2.45, 2.75) is 13.3 Å². The molecule has 9 nitrogen and oxygen atoms in total. The molecule has 2 amide bonds. The minimum atomic E-state index is -0.482. The Bertz CT molecular complexity index is 1390. The quantitative estimate of drug-likeness (QED) is 0.448. The van der Waals surface area contributed by atoms with Gasteiger partial charge in [0, 0.05) is 61.8 Å². The molecule has 0 saturated carbocycles. The van der Waals surface area contributed by atoms with Crippen LogP contribution in [0.4, 0.5) is 17.3 Å². The first kappa shape index (κ1) is 22.4. The minimum absolute atomic E-state index is 0.204. The summed E-state index contributed by atoms with van der Waals surface area (Å²) in [6, 6.07) is 17.4. The number of benzene rings is 2. The Morgan fingerprint density at radius 3 is 2.60 bits per heavy atom. The molecule has 0 atom stereocenters. The summed E-state index contributed by atoms with van der Waals surface area (Å²) in [5.74, 6) is 0.787. The van der Waals surface area contributed by atoms with E-state index in [1.807, 2.05) is 52.8 Å². The number of carbonyl (C=O) groups is 2. The number of nitrogens with zero attached hydrogens (tertiary/aromatic N) is 5. The maximum absolute atomic E-state index is 12.0. The van der Waals surface area contributed by atoms with E-state index in [-0.39, 0.29) is 5.91 Å². The molecule has 0 bridgehead atoms. The van der Waals surface area contributed by atoms with E-state index in [1.165, 1.54) is 0 Å². The third-order valence-corrected chi connectivity index (χ3v) is 6.27. The Morgan fingerprint density at radius 2 is 1.83 bits per heavy atom. The van der Waals surface area contributed by atoms with Gasteiger partial charge in [-0.2, -0.15) is 4.98 Å². The van der Waals surface area contributed by atoms with Gasteiger partial charge in [-0.05, 0) is 30.3 Å². The molecule has 0 unspecified atom stereocenters. The molecule has 9 heteroatoms. The highest BCUT2D eigenvalue weighted by atomic mass is 16.2. The van der Waals surface area contributed by atoms with Gasteiger partial charge in [-0.25, -0.2) is 4.98 Å². The molecule has 1 aliphatic rings. The largest absolute Gasteiger partial charge is 0.368 e. The molecule has 1 fully saturated rings. The number of hydrogen-bond acceptors (Lipinski definition) is 6. The van der Waals surface area contributed by atoms with E-state index in [0.717, 1.165) is 48.5 Å².